The van der Waals surface area contributed by atoms with Crippen molar-refractivity contribution in [2.45, 2.75) is 0 Å². The smallest absolute Gasteiger partial charge is 0.425 e. The van der Waals surface area contributed by atoms with Gasteiger partial charge in [0.15, 0.2) is 0 Å². The lowest BCUT2D eigenvalue weighted by Crippen LogP contribution is -2.30. The number of nitrogens with zero attached hydrogens (tertiary/aromatic N) is 1. The molecule has 2 N–H and O–H groups in total. The minimum atomic E-state index is -1.10. The molecule has 1 aromatic rings. The molecule has 0 atom stereocenters. The largest absolute Gasteiger partial charge is 0.464 e. The Morgan fingerprint density at radius 2 is 2.14 bits per heavy atom. The fourth-order valence-corrected chi connectivity index (χ4v) is 1.26. The van der Waals surface area contributed by atoms with Crippen LogP contribution in [0.4, 0.5) is 10.5 Å². The average molecular weight is 235 g/mol. The lowest BCUT2D eigenvalue weighted by molar-refractivity contribution is 0.164. The Morgan fingerprint density at radius 1 is 1.50 bits per heavy atom. The molecule has 0 aliphatic rings. The molecule has 1 aromatic carbocycles. The molecule has 0 fully saturated rings. The zero-order valence-electron chi connectivity index (χ0n) is 7.29. The molecule has 0 aliphatic carbocycles. The van der Waals surface area contributed by atoms with E-state index in [0.717, 1.165) is 5.01 Å². The zero-order valence-corrected chi connectivity index (χ0v) is 8.80. The van der Waals surface area contributed by atoms with Gasteiger partial charge >= 0.3 is 6.09 Å². The molecular formula is C8H8Cl2N2O2. The number of benzene rings is 1. The normalized spacial score (nSPS) is 9.64. The van der Waals surface area contributed by atoms with Gasteiger partial charge in [-0.2, -0.15) is 0 Å². The summed E-state index contributed by atoms with van der Waals surface area (Å²) in [6.07, 6.45) is -1.10. The summed E-state index contributed by atoms with van der Waals surface area (Å²) in [5.74, 6) is 0. The lowest BCUT2D eigenvalue weighted by atomic mass is 10.3. The maximum absolute atomic E-state index is 10.5. The van der Waals surface area contributed by atoms with Crippen LogP contribution < -0.4 is 5.43 Å². The monoisotopic (exact) mass is 234 g/mol. The number of halogens is 2. The lowest BCUT2D eigenvalue weighted by Gasteiger charge is -2.16. The fraction of sp³-hybridized carbons (Fsp3) is 0.125. The quantitative estimate of drug-likeness (QED) is 0.775. The van der Waals surface area contributed by atoms with Crippen LogP contribution in [0.3, 0.4) is 0 Å². The number of rotatable bonds is 2. The van der Waals surface area contributed by atoms with Gasteiger partial charge in [-0.25, -0.2) is 9.80 Å². The molecule has 0 saturated heterocycles. The number of carboxylic acid groups (broad SMARTS) is 1. The van der Waals surface area contributed by atoms with Gasteiger partial charge in [-0.15, -0.1) is 0 Å². The summed E-state index contributed by atoms with van der Waals surface area (Å²) < 4.78 is 0. The van der Waals surface area contributed by atoms with Crippen LogP contribution in [0.2, 0.25) is 10.0 Å². The minimum Gasteiger partial charge on any atom is -0.464 e. The summed E-state index contributed by atoms with van der Waals surface area (Å²) in [6.45, 7) is 0. The summed E-state index contributed by atoms with van der Waals surface area (Å²) in [5.41, 5.74) is 3.07. The Labute approximate surface area is 91.0 Å². The number of carbonyl (C=O) groups is 1. The summed E-state index contributed by atoms with van der Waals surface area (Å²) in [5, 5.41) is 10.3. The van der Waals surface area contributed by atoms with Gasteiger partial charge < -0.3 is 5.11 Å². The van der Waals surface area contributed by atoms with Crippen LogP contribution >= 0.6 is 23.2 Å². The number of amides is 1. The van der Waals surface area contributed by atoms with Crippen molar-refractivity contribution in [2.24, 2.45) is 0 Å². The highest BCUT2D eigenvalue weighted by Crippen LogP contribution is 2.25. The Hall–Kier alpha value is -1.13. The van der Waals surface area contributed by atoms with E-state index in [4.69, 9.17) is 28.3 Å². The predicted molar refractivity (Wildman–Crippen MR) is 55.9 cm³/mol. The van der Waals surface area contributed by atoms with Gasteiger partial charge in [0.25, 0.3) is 0 Å². The van der Waals surface area contributed by atoms with Gasteiger partial charge in [-0.1, -0.05) is 23.2 Å². The summed E-state index contributed by atoms with van der Waals surface area (Å²) in [6, 6.07) is 4.75. The Bertz CT molecular complexity index is 357. The predicted octanol–water partition coefficient (Wildman–Crippen LogP) is 2.93. The molecule has 1 amide bonds. The Morgan fingerprint density at radius 3 is 2.64 bits per heavy atom. The van der Waals surface area contributed by atoms with E-state index < -0.39 is 6.09 Å². The number of hydrazine groups is 1. The molecule has 0 radical (unpaired) electrons. The van der Waals surface area contributed by atoms with Crippen LogP contribution in [0.15, 0.2) is 18.2 Å². The summed E-state index contributed by atoms with van der Waals surface area (Å²) in [7, 11) is 1.37. The number of hydrogen-bond donors (Lipinski definition) is 2. The van der Waals surface area contributed by atoms with Crippen molar-refractivity contribution in [3.8, 4) is 0 Å². The van der Waals surface area contributed by atoms with Crippen LogP contribution in [-0.4, -0.2) is 23.3 Å². The molecule has 4 nitrogen and oxygen atoms in total. The molecule has 6 heteroatoms. The molecular weight excluding hydrogens is 227 g/mol. The molecule has 0 aliphatic heterocycles. The second-order valence-corrected chi connectivity index (χ2v) is 3.42. The molecule has 0 unspecified atom stereocenters. The second kappa shape index (κ2) is 4.39. The minimum absolute atomic E-state index is 0.366. The third kappa shape index (κ3) is 2.68. The maximum atomic E-state index is 10.5. The number of hydrogen-bond acceptors (Lipinski definition) is 2. The molecule has 14 heavy (non-hydrogen) atoms. The van der Waals surface area contributed by atoms with Gasteiger partial charge in [0.1, 0.15) is 0 Å². The first-order chi connectivity index (χ1) is 6.50. The van der Waals surface area contributed by atoms with Crippen LogP contribution in [0, 0.1) is 0 Å². The molecule has 0 saturated carbocycles. The van der Waals surface area contributed by atoms with Gasteiger partial charge in [0.2, 0.25) is 0 Å². The topological polar surface area (TPSA) is 52.6 Å². The van der Waals surface area contributed by atoms with Crippen molar-refractivity contribution in [1.82, 2.24) is 5.01 Å². The van der Waals surface area contributed by atoms with Crippen LogP contribution in [0.25, 0.3) is 0 Å². The van der Waals surface area contributed by atoms with Crippen molar-refractivity contribution >= 4 is 35.0 Å². The molecule has 0 spiro atoms. The Balaban J connectivity index is 2.82. The average Bonchev–Trinajstić information content (AvgIpc) is 2.09. The summed E-state index contributed by atoms with van der Waals surface area (Å²) in [4.78, 5) is 10.5. The van der Waals surface area contributed by atoms with E-state index in [-0.39, 0.29) is 0 Å². The van der Waals surface area contributed by atoms with Crippen LogP contribution in [0.5, 0.6) is 0 Å². The van der Waals surface area contributed by atoms with E-state index >= 15 is 0 Å². The second-order valence-electron chi connectivity index (χ2n) is 2.58. The van der Waals surface area contributed by atoms with Gasteiger partial charge in [-0.3, -0.25) is 5.43 Å². The van der Waals surface area contributed by atoms with Crippen molar-refractivity contribution < 1.29 is 9.90 Å². The first kappa shape index (κ1) is 10.9. The van der Waals surface area contributed by atoms with Crippen molar-refractivity contribution in [3.63, 3.8) is 0 Å². The molecule has 1 rings (SSSR count). The van der Waals surface area contributed by atoms with Gasteiger partial charge in [0.05, 0.1) is 10.7 Å². The Kier molecular flexibility index (Phi) is 3.43. The maximum Gasteiger partial charge on any atom is 0.425 e. The van der Waals surface area contributed by atoms with Crippen molar-refractivity contribution in [1.29, 1.82) is 0 Å². The highest BCUT2D eigenvalue weighted by Gasteiger charge is 2.07. The van der Waals surface area contributed by atoms with E-state index in [9.17, 15) is 4.79 Å². The van der Waals surface area contributed by atoms with E-state index in [2.05, 4.69) is 5.43 Å². The SMILES string of the molecule is CN(Nc1ccc(Cl)cc1Cl)C(=O)O. The van der Waals surface area contributed by atoms with Crippen LogP contribution in [-0.2, 0) is 0 Å². The molecule has 0 bridgehead atoms. The van der Waals surface area contributed by atoms with Gasteiger partial charge in [0, 0.05) is 12.1 Å². The van der Waals surface area contributed by atoms with Crippen molar-refractivity contribution in [2.75, 3.05) is 12.5 Å². The molecule has 0 heterocycles. The third-order valence-electron chi connectivity index (χ3n) is 1.51. The first-order valence-electron chi connectivity index (χ1n) is 3.69. The highest BCUT2D eigenvalue weighted by molar-refractivity contribution is 6.36. The van der Waals surface area contributed by atoms with E-state index in [1.54, 1.807) is 12.1 Å². The van der Waals surface area contributed by atoms with Crippen molar-refractivity contribution in [3.05, 3.63) is 28.2 Å². The number of anilines is 1. The number of nitrogens with one attached hydrogen (secondary N) is 1. The highest BCUT2D eigenvalue weighted by atomic mass is 35.5. The molecule has 76 valence electrons. The van der Waals surface area contributed by atoms with Crippen LogP contribution in [0.1, 0.15) is 0 Å². The molecule has 0 aromatic heterocycles. The van der Waals surface area contributed by atoms with E-state index in [0.29, 0.717) is 15.7 Å². The fourth-order valence-electron chi connectivity index (χ4n) is 0.809. The third-order valence-corrected chi connectivity index (χ3v) is 2.05. The standard InChI is InChI=1S/C8H8Cl2N2O2/c1-12(8(13)14)11-7-3-2-5(9)4-6(7)10/h2-4,11H,1H3,(H,13,14). The summed E-state index contributed by atoms with van der Waals surface area (Å²) >= 11 is 11.5. The van der Waals surface area contributed by atoms with Gasteiger partial charge in [-0.05, 0) is 18.2 Å². The first-order valence-corrected chi connectivity index (χ1v) is 4.44. The van der Waals surface area contributed by atoms with E-state index in [1.807, 2.05) is 0 Å². The van der Waals surface area contributed by atoms with E-state index in [1.165, 1.54) is 13.1 Å². The zero-order chi connectivity index (χ0) is 10.7.